The summed E-state index contributed by atoms with van der Waals surface area (Å²) in [4.78, 5) is 4.31. The van der Waals surface area contributed by atoms with Crippen LogP contribution in [0.2, 0.25) is 0 Å². The highest BCUT2D eigenvalue weighted by atomic mass is 15.4. The van der Waals surface area contributed by atoms with E-state index in [4.69, 9.17) is 0 Å². The lowest BCUT2D eigenvalue weighted by Gasteiger charge is -2.23. The Hall–Kier alpha value is -1.06. The summed E-state index contributed by atoms with van der Waals surface area (Å²) in [5, 5.41) is 7.70. The largest absolute Gasteiger partial charge is 0.354 e. The normalized spacial score (nSPS) is 26.7. The number of nitrogens with one attached hydrogen (secondary N) is 1. The molecule has 0 bridgehead atoms. The predicted octanol–water partition coefficient (Wildman–Crippen LogP) is 1.04. The number of fused-ring (bicyclic) bond motifs is 1. The smallest absolute Gasteiger partial charge is 0.221 e. The van der Waals surface area contributed by atoms with Crippen molar-refractivity contribution in [3.8, 4) is 0 Å². The van der Waals surface area contributed by atoms with Crippen LogP contribution in [0.15, 0.2) is 0 Å². The van der Waals surface area contributed by atoms with Gasteiger partial charge in [0.2, 0.25) is 5.95 Å². The van der Waals surface area contributed by atoms with Crippen LogP contribution in [0.5, 0.6) is 0 Å². The van der Waals surface area contributed by atoms with E-state index in [9.17, 15) is 0 Å². The van der Waals surface area contributed by atoms with Gasteiger partial charge in [0.1, 0.15) is 5.82 Å². The molecule has 0 amide bonds. The lowest BCUT2D eigenvalue weighted by Crippen LogP contribution is -2.29. The van der Waals surface area contributed by atoms with Gasteiger partial charge in [0.05, 0.1) is 0 Å². The van der Waals surface area contributed by atoms with Gasteiger partial charge in [-0.15, -0.1) is 0 Å². The molecule has 70 valence electrons. The summed E-state index contributed by atoms with van der Waals surface area (Å²) in [6.07, 6.45) is 2.82. The Labute approximate surface area is 77.4 Å². The Morgan fingerprint density at radius 3 is 3.00 bits per heavy atom. The maximum Gasteiger partial charge on any atom is 0.221 e. The number of aryl methyl sites for hydroxylation is 1. The van der Waals surface area contributed by atoms with Gasteiger partial charge in [0.25, 0.3) is 0 Å². The van der Waals surface area contributed by atoms with Crippen LogP contribution in [-0.2, 0) is 6.54 Å². The Morgan fingerprint density at radius 2 is 2.23 bits per heavy atom. The molecule has 4 nitrogen and oxygen atoms in total. The summed E-state index contributed by atoms with van der Waals surface area (Å²) in [7, 11) is 0. The number of anilines is 1. The molecule has 4 heteroatoms. The van der Waals surface area contributed by atoms with Crippen LogP contribution in [0.4, 0.5) is 5.95 Å². The summed E-state index contributed by atoms with van der Waals surface area (Å²) >= 11 is 0. The zero-order valence-corrected chi connectivity index (χ0v) is 7.82. The van der Waals surface area contributed by atoms with E-state index in [-0.39, 0.29) is 0 Å². The van der Waals surface area contributed by atoms with Crippen LogP contribution in [0.25, 0.3) is 0 Å². The summed E-state index contributed by atoms with van der Waals surface area (Å²) in [5.74, 6) is 3.56. The SMILES string of the molecule is Cc1nc2n(n1)CC(C1CC1)CN2. The zero-order valence-electron chi connectivity index (χ0n) is 7.82. The fourth-order valence-electron chi connectivity index (χ4n) is 2.11. The second-order valence-corrected chi connectivity index (χ2v) is 4.14. The third-order valence-corrected chi connectivity index (χ3v) is 3.00. The molecule has 1 atom stereocenters. The van der Waals surface area contributed by atoms with Gasteiger partial charge in [-0.25, -0.2) is 4.68 Å². The highest BCUT2D eigenvalue weighted by Crippen LogP contribution is 2.39. The quantitative estimate of drug-likeness (QED) is 0.698. The summed E-state index contributed by atoms with van der Waals surface area (Å²) in [6.45, 7) is 4.09. The van der Waals surface area contributed by atoms with Gasteiger partial charge < -0.3 is 5.32 Å². The van der Waals surface area contributed by atoms with Gasteiger partial charge in [-0.05, 0) is 31.6 Å². The van der Waals surface area contributed by atoms with Gasteiger partial charge in [-0.1, -0.05) is 0 Å². The first-order chi connectivity index (χ1) is 6.33. The second kappa shape index (κ2) is 2.47. The minimum Gasteiger partial charge on any atom is -0.354 e. The van der Waals surface area contributed by atoms with Crippen LogP contribution in [-0.4, -0.2) is 21.3 Å². The number of hydrogen-bond donors (Lipinski definition) is 1. The van der Waals surface area contributed by atoms with Crippen LogP contribution in [0.1, 0.15) is 18.7 Å². The molecule has 1 aromatic heterocycles. The van der Waals surface area contributed by atoms with Crippen molar-refractivity contribution in [3.63, 3.8) is 0 Å². The molecular formula is C9H14N4. The van der Waals surface area contributed by atoms with E-state index in [0.29, 0.717) is 0 Å². The molecule has 2 heterocycles. The zero-order chi connectivity index (χ0) is 8.84. The van der Waals surface area contributed by atoms with E-state index in [0.717, 1.165) is 36.7 Å². The van der Waals surface area contributed by atoms with Crippen molar-refractivity contribution >= 4 is 5.95 Å². The Morgan fingerprint density at radius 1 is 1.38 bits per heavy atom. The Kier molecular flexibility index (Phi) is 1.39. The van der Waals surface area contributed by atoms with Crippen molar-refractivity contribution in [2.45, 2.75) is 26.3 Å². The number of aromatic nitrogens is 3. The molecule has 1 aliphatic carbocycles. The van der Waals surface area contributed by atoms with Crippen molar-refractivity contribution in [1.29, 1.82) is 0 Å². The van der Waals surface area contributed by atoms with Crippen LogP contribution in [0, 0.1) is 18.8 Å². The summed E-state index contributed by atoms with van der Waals surface area (Å²) in [6, 6.07) is 0. The monoisotopic (exact) mass is 178 g/mol. The molecule has 0 spiro atoms. The van der Waals surface area contributed by atoms with E-state index in [1.54, 1.807) is 0 Å². The molecule has 3 rings (SSSR count). The van der Waals surface area contributed by atoms with Gasteiger partial charge in [-0.2, -0.15) is 10.1 Å². The maximum absolute atomic E-state index is 4.35. The molecule has 1 fully saturated rings. The van der Waals surface area contributed by atoms with Gasteiger partial charge >= 0.3 is 0 Å². The minimum absolute atomic E-state index is 0.786. The highest BCUT2D eigenvalue weighted by molar-refractivity contribution is 5.27. The molecule has 1 aromatic rings. The molecule has 0 radical (unpaired) electrons. The Balaban J connectivity index is 1.85. The fourth-order valence-corrected chi connectivity index (χ4v) is 2.11. The third kappa shape index (κ3) is 1.20. The van der Waals surface area contributed by atoms with Gasteiger partial charge in [0, 0.05) is 13.1 Å². The van der Waals surface area contributed by atoms with Crippen molar-refractivity contribution in [1.82, 2.24) is 14.8 Å². The van der Waals surface area contributed by atoms with E-state index in [1.807, 2.05) is 11.6 Å². The van der Waals surface area contributed by atoms with E-state index in [1.165, 1.54) is 12.8 Å². The van der Waals surface area contributed by atoms with Crippen LogP contribution < -0.4 is 5.32 Å². The molecule has 2 aliphatic rings. The van der Waals surface area contributed by atoms with Crippen molar-refractivity contribution < 1.29 is 0 Å². The molecule has 0 saturated heterocycles. The maximum atomic E-state index is 4.35. The molecule has 1 saturated carbocycles. The first-order valence-electron chi connectivity index (χ1n) is 4.98. The average molecular weight is 178 g/mol. The summed E-state index contributed by atoms with van der Waals surface area (Å²) in [5.41, 5.74) is 0. The minimum atomic E-state index is 0.786. The lowest BCUT2D eigenvalue weighted by molar-refractivity contribution is 0.372. The summed E-state index contributed by atoms with van der Waals surface area (Å²) < 4.78 is 2.02. The number of rotatable bonds is 1. The first-order valence-corrected chi connectivity index (χ1v) is 4.98. The van der Waals surface area contributed by atoms with Gasteiger partial charge in [0.15, 0.2) is 0 Å². The lowest BCUT2D eigenvalue weighted by atomic mass is 10.0. The van der Waals surface area contributed by atoms with Crippen molar-refractivity contribution in [3.05, 3.63) is 5.82 Å². The second-order valence-electron chi connectivity index (χ2n) is 4.14. The van der Waals surface area contributed by atoms with Crippen molar-refractivity contribution in [2.75, 3.05) is 11.9 Å². The third-order valence-electron chi connectivity index (χ3n) is 3.00. The standard InChI is InChI=1S/C9H14N4/c1-6-11-9-10-4-8(7-2-3-7)5-13(9)12-6/h7-8H,2-5H2,1H3,(H,10,11,12). The topological polar surface area (TPSA) is 42.7 Å². The highest BCUT2D eigenvalue weighted by Gasteiger charge is 2.34. The molecular weight excluding hydrogens is 164 g/mol. The van der Waals surface area contributed by atoms with Crippen LogP contribution >= 0.6 is 0 Å². The van der Waals surface area contributed by atoms with E-state index < -0.39 is 0 Å². The fraction of sp³-hybridized carbons (Fsp3) is 0.778. The molecule has 1 N–H and O–H groups in total. The van der Waals surface area contributed by atoms with Gasteiger partial charge in [-0.3, -0.25) is 0 Å². The molecule has 0 aromatic carbocycles. The predicted molar refractivity (Wildman–Crippen MR) is 49.5 cm³/mol. The van der Waals surface area contributed by atoms with Crippen LogP contribution in [0.3, 0.4) is 0 Å². The molecule has 1 unspecified atom stereocenters. The Bertz CT molecular complexity index is 326. The van der Waals surface area contributed by atoms with Crippen molar-refractivity contribution in [2.24, 2.45) is 11.8 Å². The first kappa shape index (κ1) is 7.35. The van der Waals surface area contributed by atoms with E-state index >= 15 is 0 Å². The number of nitrogens with zero attached hydrogens (tertiary/aromatic N) is 3. The molecule has 13 heavy (non-hydrogen) atoms. The van der Waals surface area contributed by atoms with E-state index in [2.05, 4.69) is 15.4 Å². The number of hydrogen-bond acceptors (Lipinski definition) is 3. The average Bonchev–Trinajstić information content (AvgIpc) is 2.87. The molecule has 1 aliphatic heterocycles.